The van der Waals surface area contributed by atoms with Crippen molar-refractivity contribution in [2.24, 2.45) is 5.92 Å². The quantitative estimate of drug-likeness (QED) is 0.861. The first kappa shape index (κ1) is 12.0. The summed E-state index contributed by atoms with van der Waals surface area (Å²) < 4.78 is 26.7. The van der Waals surface area contributed by atoms with E-state index in [1.165, 1.54) is 12.3 Å². The van der Waals surface area contributed by atoms with Crippen LogP contribution in [0.2, 0.25) is 0 Å². The number of aromatic nitrogens is 2. The van der Waals surface area contributed by atoms with Gasteiger partial charge in [0.1, 0.15) is 11.3 Å². The molecule has 0 amide bonds. The summed E-state index contributed by atoms with van der Waals surface area (Å²) in [6.45, 7) is 2.94. The van der Waals surface area contributed by atoms with Crippen LogP contribution in [0.3, 0.4) is 0 Å². The third-order valence-corrected chi connectivity index (χ3v) is 4.31. The van der Waals surface area contributed by atoms with Crippen molar-refractivity contribution >= 4 is 16.9 Å². The molecule has 6 heteroatoms. The van der Waals surface area contributed by atoms with Gasteiger partial charge in [-0.1, -0.05) is 0 Å². The van der Waals surface area contributed by atoms with Gasteiger partial charge in [0.2, 0.25) is 0 Å². The molecular formula is C14H14F2N4. The molecule has 2 unspecified atom stereocenters. The molecule has 2 aromatic rings. The summed E-state index contributed by atoms with van der Waals surface area (Å²) >= 11 is 0. The van der Waals surface area contributed by atoms with E-state index >= 15 is 0 Å². The maximum atomic E-state index is 13.6. The molecule has 0 aliphatic carbocycles. The van der Waals surface area contributed by atoms with Crippen molar-refractivity contribution in [3.05, 3.63) is 30.0 Å². The van der Waals surface area contributed by atoms with Gasteiger partial charge < -0.3 is 10.2 Å². The second kappa shape index (κ2) is 4.34. The summed E-state index contributed by atoms with van der Waals surface area (Å²) in [6.07, 6.45) is 2.67. The molecule has 1 aromatic carbocycles. The average Bonchev–Trinajstić information content (AvgIpc) is 2.44. The summed E-state index contributed by atoms with van der Waals surface area (Å²) in [5.74, 6) is -0.318. The number of hydrogen-bond acceptors (Lipinski definition) is 4. The Kier molecular flexibility index (Phi) is 2.60. The molecule has 0 bridgehead atoms. The number of anilines is 1. The number of rotatable bonds is 1. The summed E-state index contributed by atoms with van der Waals surface area (Å²) in [5.41, 5.74) is 0.385. The van der Waals surface area contributed by atoms with Crippen molar-refractivity contribution in [2.45, 2.75) is 12.5 Å². The molecule has 4 nitrogen and oxygen atoms in total. The predicted molar refractivity (Wildman–Crippen MR) is 71.6 cm³/mol. The first-order chi connectivity index (χ1) is 9.72. The number of nitrogens with one attached hydrogen (secondary N) is 1. The van der Waals surface area contributed by atoms with Gasteiger partial charge in [0.15, 0.2) is 11.6 Å². The van der Waals surface area contributed by atoms with Crippen molar-refractivity contribution in [1.82, 2.24) is 15.3 Å². The second-order valence-corrected chi connectivity index (χ2v) is 5.47. The Morgan fingerprint density at radius 3 is 2.95 bits per heavy atom. The largest absolute Gasteiger partial charge is 0.354 e. The average molecular weight is 276 g/mol. The van der Waals surface area contributed by atoms with E-state index in [1.54, 1.807) is 0 Å². The van der Waals surface area contributed by atoms with Crippen molar-refractivity contribution in [3.8, 4) is 0 Å². The fourth-order valence-electron chi connectivity index (χ4n) is 3.00. The smallest absolute Gasteiger partial charge is 0.186 e. The molecule has 0 radical (unpaired) electrons. The normalized spacial score (nSPS) is 25.4. The fraction of sp³-hybridized carbons (Fsp3) is 0.429. The molecule has 1 N–H and O–H groups in total. The van der Waals surface area contributed by atoms with Crippen molar-refractivity contribution in [2.75, 3.05) is 24.5 Å². The van der Waals surface area contributed by atoms with Crippen LogP contribution in [-0.4, -0.2) is 35.6 Å². The minimum absolute atomic E-state index is 0.00888. The zero-order valence-corrected chi connectivity index (χ0v) is 10.8. The number of piperidine rings is 1. The van der Waals surface area contributed by atoms with Gasteiger partial charge in [-0.3, -0.25) is 0 Å². The molecule has 0 saturated carbocycles. The van der Waals surface area contributed by atoms with Crippen LogP contribution in [0.25, 0.3) is 11.0 Å². The monoisotopic (exact) mass is 276 g/mol. The van der Waals surface area contributed by atoms with Crippen LogP contribution < -0.4 is 10.2 Å². The van der Waals surface area contributed by atoms with E-state index in [0.717, 1.165) is 43.9 Å². The predicted octanol–water partition coefficient (Wildman–Crippen LogP) is 1.71. The van der Waals surface area contributed by atoms with E-state index < -0.39 is 11.6 Å². The lowest BCUT2D eigenvalue weighted by Gasteiger charge is -2.46. The molecule has 2 aliphatic rings. The minimum Gasteiger partial charge on any atom is -0.354 e. The van der Waals surface area contributed by atoms with Gasteiger partial charge in [-0.25, -0.2) is 18.7 Å². The van der Waals surface area contributed by atoms with Gasteiger partial charge in [-0.2, -0.15) is 0 Å². The summed E-state index contributed by atoms with van der Waals surface area (Å²) in [5, 5.41) is 3.40. The molecule has 4 rings (SSSR count). The maximum Gasteiger partial charge on any atom is 0.186 e. The van der Waals surface area contributed by atoms with E-state index in [-0.39, 0.29) is 5.52 Å². The Labute approximate surface area is 114 Å². The fourth-order valence-corrected chi connectivity index (χ4v) is 3.00. The van der Waals surface area contributed by atoms with Gasteiger partial charge in [-0.05, 0) is 31.0 Å². The van der Waals surface area contributed by atoms with Gasteiger partial charge in [0.05, 0.1) is 11.7 Å². The third-order valence-electron chi connectivity index (χ3n) is 4.31. The molecule has 3 heterocycles. The topological polar surface area (TPSA) is 41.1 Å². The van der Waals surface area contributed by atoms with Crippen molar-refractivity contribution < 1.29 is 8.78 Å². The summed E-state index contributed by atoms with van der Waals surface area (Å²) in [4.78, 5) is 10.6. The van der Waals surface area contributed by atoms with Crippen molar-refractivity contribution in [1.29, 1.82) is 0 Å². The van der Waals surface area contributed by atoms with Crippen LogP contribution in [0, 0.1) is 17.6 Å². The molecule has 1 aromatic heterocycles. The summed E-state index contributed by atoms with van der Waals surface area (Å²) in [6, 6.07) is 3.08. The molecule has 2 saturated heterocycles. The standard InChI is InChI=1S/C14H14F2N4/c15-9-1-2-10-14(13(9)16)18-6-12(19-10)20-4-3-8-5-17-11(8)7-20/h1-2,6,8,11,17H,3-5,7H2. The van der Waals surface area contributed by atoms with Crippen LogP contribution in [0.4, 0.5) is 14.6 Å². The molecule has 104 valence electrons. The zero-order chi connectivity index (χ0) is 13.7. The molecule has 0 spiro atoms. The molecular weight excluding hydrogens is 262 g/mol. The van der Waals surface area contributed by atoms with Crippen LogP contribution in [0.15, 0.2) is 18.3 Å². The van der Waals surface area contributed by atoms with Crippen LogP contribution in [0.1, 0.15) is 6.42 Å². The maximum absolute atomic E-state index is 13.6. The Hall–Kier alpha value is -1.82. The van der Waals surface area contributed by atoms with E-state index in [0.29, 0.717) is 11.6 Å². The van der Waals surface area contributed by atoms with Gasteiger partial charge >= 0.3 is 0 Å². The lowest BCUT2D eigenvalue weighted by Crippen LogP contribution is -2.62. The number of fused-ring (bicyclic) bond motifs is 2. The van der Waals surface area contributed by atoms with E-state index in [4.69, 9.17) is 0 Å². The molecule has 2 aliphatic heterocycles. The number of halogens is 2. The van der Waals surface area contributed by atoms with E-state index in [1.807, 2.05) is 0 Å². The first-order valence-electron chi connectivity index (χ1n) is 6.81. The molecule has 2 atom stereocenters. The molecule has 2 fully saturated rings. The van der Waals surface area contributed by atoms with Crippen molar-refractivity contribution in [3.63, 3.8) is 0 Å². The van der Waals surface area contributed by atoms with Gasteiger partial charge in [-0.15, -0.1) is 0 Å². The van der Waals surface area contributed by atoms with Crippen LogP contribution in [-0.2, 0) is 0 Å². The lowest BCUT2D eigenvalue weighted by molar-refractivity contribution is 0.196. The van der Waals surface area contributed by atoms with Crippen LogP contribution in [0.5, 0.6) is 0 Å². The van der Waals surface area contributed by atoms with Crippen LogP contribution >= 0.6 is 0 Å². The summed E-state index contributed by atoms with van der Waals surface area (Å²) in [7, 11) is 0. The zero-order valence-electron chi connectivity index (χ0n) is 10.8. The SMILES string of the molecule is Fc1ccc2nc(N3CCC4CNC4C3)cnc2c1F. The number of nitrogens with zero attached hydrogens (tertiary/aromatic N) is 3. The number of hydrogen-bond donors (Lipinski definition) is 1. The molecule has 20 heavy (non-hydrogen) atoms. The Balaban J connectivity index is 1.68. The highest BCUT2D eigenvalue weighted by molar-refractivity contribution is 5.76. The third kappa shape index (κ3) is 1.75. The Morgan fingerprint density at radius 1 is 1.30 bits per heavy atom. The van der Waals surface area contributed by atoms with Gasteiger partial charge in [0.25, 0.3) is 0 Å². The van der Waals surface area contributed by atoms with Gasteiger partial charge in [0, 0.05) is 19.1 Å². The Morgan fingerprint density at radius 2 is 2.20 bits per heavy atom. The minimum atomic E-state index is -0.930. The first-order valence-corrected chi connectivity index (χ1v) is 6.81. The highest BCUT2D eigenvalue weighted by Crippen LogP contribution is 2.27. The second-order valence-electron chi connectivity index (χ2n) is 5.47. The Bertz CT molecular complexity index is 676. The lowest BCUT2D eigenvalue weighted by atomic mass is 9.85. The highest BCUT2D eigenvalue weighted by Gasteiger charge is 2.35. The van der Waals surface area contributed by atoms with E-state index in [9.17, 15) is 8.78 Å². The number of benzene rings is 1. The highest BCUT2D eigenvalue weighted by atomic mass is 19.2. The van der Waals surface area contributed by atoms with E-state index in [2.05, 4.69) is 20.2 Å².